The van der Waals surface area contributed by atoms with E-state index < -0.39 is 0 Å². The molecule has 0 spiro atoms. The van der Waals surface area contributed by atoms with Gasteiger partial charge in [-0.1, -0.05) is 24.3 Å². The van der Waals surface area contributed by atoms with Crippen molar-refractivity contribution in [1.29, 1.82) is 5.26 Å². The van der Waals surface area contributed by atoms with Crippen LogP contribution in [0, 0.1) is 17.2 Å². The van der Waals surface area contributed by atoms with Crippen LogP contribution in [0.3, 0.4) is 0 Å². The van der Waals surface area contributed by atoms with Crippen LogP contribution in [0.1, 0.15) is 36.8 Å². The first-order valence-electron chi connectivity index (χ1n) is 6.86. The Kier molecular flexibility index (Phi) is 4.38. The molecule has 0 heterocycles. The Morgan fingerprint density at radius 3 is 3.00 bits per heavy atom. The topological polar surface area (TPSA) is 27.0 Å². The summed E-state index contributed by atoms with van der Waals surface area (Å²) in [5, 5.41) is 8.87. The summed E-state index contributed by atoms with van der Waals surface area (Å²) in [6, 6.07) is 11.1. The summed E-state index contributed by atoms with van der Waals surface area (Å²) >= 11 is 0. The van der Waals surface area contributed by atoms with Crippen molar-refractivity contribution in [3.8, 4) is 6.07 Å². The fourth-order valence-electron chi connectivity index (χ4n) is 3.00. The Morgan fingerprint density at radius 2 is 2.22 bits per heavy atom. The van der Waals surface area contributed by atoms with Crippen molar-refractivity contribution in [2.75, 3.05) is 20.1 Å². The molecule has 0 aliphatic heterocycles. The minimum absolute atomic E-state index is 0.119. The summed E-state index contributed by atoms with van der Waals surface area (Å²) in [6.07, 6.45) is 3.80. The van der Waals surface area contributed by atoms with Gasteiger partial charge in [-0.05, 0) is 50.3 Å². The molecular formula is C16H22N2. The molecule has 2 rings (SSSR count). The Hall–Kier alpha value is -1.33. The molecule has 0 amide bonds. The van der Waals surface area contributed by atoms with Gasteiger partial charge in [0.25, 0.3) is 0 Å². The first-order chi connectivity index (χ1) is 8.70. The number of fused-ring (bicyclic) bond motifs is 1. The quantitative estimate of drug-likeness (QED) is 0.810. The maximum absolute atomic E-state index is 8.87. The second kappa shape index (κ2) is 6.02. The molecule has 2 nitrogen and oxygen atoms in total. The Labute approximate surface area is 110 Å². The number of rotatable bonds is 4. The van der Waals surface area contributed by atoms with Gasteiger partial charge in [0.15, 0.2) is 0 Å². The number of likely N-dealkylation sites (N-methyl/N-ethyl adjacent to an activating group) is 1. The Bertz CT molecular complexity index is 433. The largest absolute Gasteiger partial charge is 0.304 e. The van der Waals surface area contributed by atoms with Gasteiger partial charge in [-0.25, -0.2) is 0 Å². The molecule has 1 aliphatic carbocycles. The third-order valence-electron chi connectivity index (χ3n) is 3.83. The van der Waals surface area contributed by atoms with Crippen molar-refractivity contribution in [2.45, 2.75) is 32.1 Å². The van der Waals surface area contributed by atoms with Crippen LogP contribution in [0.5, 0.6) is 0 Å². The van der Waals surface area contributed by atoms with E-state index in [-0.39, 0.29) is 5.92 Å². The standard InChI is InChI=1S/C16H22N2/c1-13(10-17)11-18(2)12-15-8-5-7-14-6-3-4-9-16(14)15/h3-4,6,9,13,15H,5,7-8,11-12H2,1-2H3. The summed E-state index contributed by atoms with van der Waals surface area (Å²) in [4.78, 5) is 2.31. The number of nitrogens with zero attached hydrogens (tertiary/aromatic N) is 2. The molecule has 0 fully saturated rings. The highest BCUT2D eigenvalue weighted by Gasteiger charge is 2.21. The first kappa shape index (κ1) is 13.1. The molecule has 2 unspecified atom stereocenters. The van der Waals surface area contributed by atoms with Gasteiger partial charge in [-0.2, -0.15) is 5.26 Å². The van der Waals surface area contributed by atoms with Crippen molar-refractivity contribution in [3.63, 3.8) is 0 Å². The highest BCUT2D eigenvalue weighted by molar-refractivity contribution is 5.32. The van der Waals surface area contributed by atoms with Gasteiger partial charge < -0.3 is 4.90 Å². The molecule has 1 aromatic rings. The molecule has 0 bridgehead atoms. The van der Waals surface area contributed by atoms with Crippen LogP contribution in [0.2, 0.25) is 0 Å². The van der Waals surface area contributed by atoms with Gasteiger partial charge in [0.2, 0.25) is 0 Å². The number of hydrogen-bond donors (Lipinski definition) is 0. The van der Waals surface area contributed by atoms with Gasteiger partial charge in [0, 0.05) is 13.1 Å². The van der Waals surface area contributed by atoms with Crippen LogP contribution in [0.15, 0.2) is 24.3 Å². The number of benzene rings is 1. The van der Waals surface area contributed by atoms with Crippen LogP contribution >= 0.6 is 0 Å². The van der Waals surface area contributed by atoms with Crippen LogP contribution in [-0.4, -0.2) is 25.0 Å². The SMILES string of the molecule is CC(C#N)CN(C)CC1CCCc2ccccc21. The van der Waals surface area contributed by atoms with E-state index in [4.69, 9.17) is 5.26 Å². The Balaban J connectivity index is 2.01. The second-order valence-electron chi connectivity index (χ2n) is 5.54. The van der Waals surface area contributed by atoms with E-state index in [1.165, 1.54) is 30.4 Å². The number of aryl methyl sites for hydroxylation is 1. The van der Waals surface area contributed by atoms with E-state index in [1.54, 1.807) is 0 Å². The summed E-state index contributed by atoms with van der Waals surface area (Å²) in [7, 11) is 2.13. The minimum Gasteiger partial charge on any atom is -0.304 e. The molecule has 1 aliphatic rings. The summed E-state index contributed by atoms with van der Waals surface area (Å²) in [5.74, 6) is 0.764. The zero-order chi connectivity index (χ0) is 13.0. The van der Waals surface area contributed by atoms with Crippen molar-refractivity contribution < 1.29 is 0 Å². The van der Waals surface area contributed by atoms with Crippen molar-refractivity contribution >= 4 is 0 Å². The third-order valence-corrected chi connectivity index (χ3v) is 3.83. The lowest BCUT2D eigenvalue weighted by Crippen LogP contribution is -2.30. The zero-order valence-electron chi connectivity index (χ0n) is 11.4. The molecule has 2 atom stereocenters. The predicted octanol–water partition coefficient (Wildman–Crippen LogP) is 3.20. The van der Waals surface area contributed by atoms with Crippen LogP contribution < -0.4 is 0 Å². The average molecular weight is 242 g/mol. The van der Waals surface area contributed by atoms with Gasteiger partial charge >= 0.3 is 0 Å². The summed E-state index contributed by atoms with van der Waals surface area (Å²) in [6.45, 7) is 3.93. The maximum Gasteiger partial charge on any atom is 0.0666 e. The van der Waals surface area contributed by atoms with E-state index in [0.29, 0.717) is 5.92 Å². The molecule has 96 valence electrons. The van der Waals surface area contributed by atoms with E-state index in [0.717, 1.165) is 13.1 Å². The van der Waals surface area contributed by atoms with Crippen LogP contribution in [0.25, 0.3) is 0 Å². The lowest BCUT2D eigenvalue weighted by molar-refractivity contribution is 0.279. The fraction of sp³-hybridized carbons (Fsp3) is 0.562. The van der Waals surface area contributed by atoms with E-state index >= 15 is 0 Å². The highest BCUT2D eigenvalue weighted by Crippen LogP contribution is 2.31. The van der Waals surface area contributed by atoms with Crippen LogP contribution in [-0.2, 0) is 6.42 Å². The highest BCUT2D eigenvalue weighted by atomic mass is 15.1. The predicted molar refractivity (Wildman–Crippen MR) is 74.4 cm³/mol. The zero-order valence-corrected chi connectivity index (χ0v) is 11.4. The fourth-order valence-corrected chi connectivity index (χ4v) is 3.00. The molecular weight excluding hydrogens is 220 g/mol. The lowest BCUT2D eigenvalue weighted by atomic mass is 9.82. The van der Waals surface area contributed by atoms with Gasteiger partial charge in [0.1, 0.15) is 0 Å². The molecule has 18 heavy (non-hydrogen) atoms. The first-order valence-corrected chi connectivity index (χ1v) is 6.86. The maximum atomic E-state index is 8.87. The van der Waals surface area contributed by atoms with E-state index in [1.807, 2.05) is 6.92 Å². The summed E-state index contributed by atoms with van der Waals surface area (Å²) in [5.41, 5.74) is 3.05. The van der Waals surface area contributed by atoms with E-state index in [9.17, 15) is 0 Å². The summed E-state index contributed by atoms with van der Waals surface area (Å²) < 4.78 is 0. The third kappa shape index (κ3) is 3.11. The smallest absolute Gasteiger partial charge is 0.0666 e. The Morgan fingerprint density at radius 1 is 1.44 bits per heavy atom. The van der Waals surface area contributed by atoms with Gasteiger partial charge in [0.05, 0.1) is 12.0 Å². The molecule has 1 aromatic carbocycles. The molecule has 0 N–H and O–H groups in total. The van der Waals surface area contributed by atoms with Crippen molar-refractivity contribution in [2.24, 2.45) is 5.92 Å². The van der Waals surface area contributed by atoms with Crippen molar-refractivity contribution in [3.05, 3.63) is 35.4 Å². The monoisotopic (exact) mass is 242 g/mol. The second-order valence-corrected chi connectivity index (χ2v) is 5.54. The van der Waals surface area contributed by atoms with Crippen molar-refractivity contribution in [1.82, 2.24) is 4.90 Å². The molecule has 2 heteroatoms. The van der Waals surface area contributed by atoms with Crippen LogP contribution in [0.4, 0.5) is 0 Å². The lowest BCUT2D eigenvalue weighted by Gasteiger charge is -2.29. The molecule has 0 saturated heterocycles. The molecule has 0 saturated carbocycles. The van der Waals surface area contributed by atoms with Gasteiger partial charge in [-0.15, -0.1) is 0 Å². The minimum atomic E-state index is 0.119. The molecule has 0 radical (unpaired) electrons. The van der Waals surface area contributed by atoms with Gasteiger partial charge in [-0.3, -0.25) is 0 Å². The number of nitriles is 1. The molecule has 0 aromatic heterocycles. The number of hydrogen-bond acceptors (Lipinski definition) is 2. The average Bonchev–Trinajstić information content (AvgIpc) is 2.39. The van der Waals surface area contributed by atoms with E-state index in [2.05, 4.69) is 42.3 Å². The normalized spacial score (nSPS) is 20.2.